The maximum Gasteiger partial charge on any atom is 0.334 e. The van der Waals surface area contributed by atoms with Gasteiger partial charge in [-0.05, 0) is 12.8 Å². The van der Waals surface area contributed by atoms with Crippen LogP contribution in [0.2, 0.25) is 0 Å². The van der Waals surface area contributed by atoms with Crippen molar-refractivity contribution in [2.24, 2.45) is 7.05 Å². The lowest BCUT2D eigenvalue weighted by Crippen LogP contribution is -2.24. The molecule has 0 bridgehead atoms. The Hall–Kier alpha value is -1.63. The van der Waals surface area contributed by atoms with Gasteiger partial charge in [-0.25, -0.2) is 4.68 Å². The Kier molecular flexibility index (Phi) is 3.01. The van der Waals surface area contributed by atoms with Crippen LogP contribution in [0, 0.1) is 10.1 Å². The first-order valence-corrected chi connectivity index (χ1v) is 5.67. The van der Waals surface area contributed by atoms with E-state index in [0.717, 1.165) is 0 Å². The number of rotatable bonds is 3. The molecule has 0 aromatic carbocycles. The van der Waals surface area contributed by atoms with Crippen LogP contribution in [0.3, 0.4) is 0 Å². The topological polar surface area (TPSA) is 84.4 Å². The molecule has 0 unspecified atom stereocenters. The molecule has 1 saturated heterocycles. The van der Waals surface area contributed by atoms with E-state index in [0.29, 0.717) is 37.4 Å². The molecule has 1 aromatic heterocycles. The van der Waals surface area contributed by atoms with E-state index in [2.05, 4.69) is 5.10 Å². The Morgan fingerprint density at radius 2 is 2.35 bits per heavy atom. The fourth-order valence-corrected chi connectivity index (χ4v) is 2.27. The van der Waals surface area contributed by atoms with Gasteiger partial charge in [0.05, 0.1) is 11.0 Å². The molecule has 0 aliphatic carbocycles. The van der Waals surface area contributed by atoms with Gasteiger partial charge in [0.15, 0.2) is 0 Å². The van der Waals surface area contributed by atoms with Crippen LogP contribution >= 0.6 is 0 Å². The summed E-state index contributed by atoms with van der Waals surface area (Å²) in [5, 5.41) is 24.8. The van der Waals surface area contributed by atoms with Gasteiger partial charge < -0.3 is 10.0 Å². The van der Waals surface area contributed by atoms with Crippen molar-refractivity contribution in [2.75, 3.05) is 18.0 Å². The number of aryl methyl sites for hydroxylation is 2. The number of aliphatic hydroxyl groups is 1. The summed E-state index contributed by atoms with van der Waals surface area (Å²) in [7, 11) is 1.70. The van der Waals surface area contributed by atoms with E-state index in [9.17, 15) is 15.2 Å². The number of hydrogen-bond donors (Lipinski definition) is 1. The number of aliphatic hydroxyl groups excluding tert-OH is 1. The maximum absolute atomic E-state index is 11.1. The summed E-state index contributed by atoms with van der Waals surface area (Å²) in [5.74, 6) is 0.503. The van der Waals surface area contributed by atoms with Gasteiger partial charge in [-0.2, -0.15) is 5.10 Å². The number of nitrogens with zero attached hydrogens (tertiary/aromatic N) is 4. The monoisotopic (exact) mass is 240 g/mol. The van der Waals surface area contributed by atoms with Crippen LogP contribution in [0.25, 0.3) is 0 Å². The lowest BCUT2D eigenvalue weighted by molar-refractivity contribution is -0.384. The van der Waals surface area contributed by atoms with Gasteiger partial charge >= 0.3 is 5.69 Å². The third-order valence-electron chi connectivity index (χ3n) is 3.04. The smallest absolute Gasteiger partial charge is 0.334 e. The minimum Gasteiger partial charge on any atom is -0.391 e. The lowest BCUT2D eigenvalue weighted by Gasteiger charge is -2.16. The SMILES string of the molecule is CCc1nn(C)c(N2CC[C@@H](O)C2)c1[N+](=O)[O-]. The average Bonchev–Trinajstić information content (AvgIpc) is 2.81. The number of β-amino-alcohol motifs (C(OH)–C–C–N with tert-alkyl or cyclic N) is 1. The number of nitro groups is 1. The van der Waals surface area contributed by atoms with Gasteiger partial charge in [0, 0.05) is 20.1 Å². The van der Waals surface area contributed by atoms with Crippen LogP contribution in [0.4, 0.5) is 11.5 Å². The van der Waals surface area contributed by atoms with Crippen molar-refractivity contribution >= 4 is 11.5 Å². The first-order chi connectivity index (χ1) is 8.04. The molecular weight excluding hydrogens is 224 g/mol. The molecule has 1 N–H and O–H groups in total. The van der Waals surface area contributed by atoms with Gasteiger partial charge in [0.2, 0.25) is 5.82 Å². The van der Waals surface area contributed by atoms with Crippen molar-refractivity contribution < 1.29 is 10.0 Å². The second-order valence-electron chi connectivity index (χ2n) is 4.24. The number of aromatic nitrogens is 2. The molecule has 1 atom stereocenters. The molecule has 1 aromatic rings. The molecule has 0 amide bonds. The Morgan fingerprint density at radius 1 is 1.65 bits per heavy atom. The Morgan fingerprint density at radius 3 is 2.82 bits per heavy atom. The summed E-state index contributed by atoms with van der Waals surface area (Å²) in [5.41, 5.74) is 0.568. The molecule has 17 heavy (non-hydrogen) atoms. The molecular formula is C10H16N4O3. The summed E-state index contributed by atoms with van der Waals surface area (Å²) in [4.78, 5) is 12.6. The summed E-state index contributed by atoms with van der Waals surface area (Å²) in [6.07, 6.45) is 0.763. The van der Waals surface area contributed by atoms with Crippen LogP contribution in [-0.4, -0.2) is 39.0 Å². The molecule has 7 nitrogen and oxygen atoms in total. The van der Waals surface area contributed by atoms with E-state index in [1.807, 2.05) is 11.8 Å². The van der Waals surface area contributed by atoms with E-state index in [4.69, 9.17) is 0 Å². The van der Waals surface area contributed by atoms with Crippen molar-refractivity contribution in [3.8, 4) is 0 Å². The maximum atomic E-state index is 11.1. The van der Waals surface area contributed by atoms with Crippen molar-refractivity contribution in [1.82, 2.24) is 9.78 Å². The highest BCUT2D eigenvalue weighted by Gasteiger charge is 2.33. The van der Waals surface area contributed by atoms with E-state index in [1.54, 1.807) is 7.05 Å². The highest BCUT2D eigenvalue weighted by Crippen LogP contribution is 2.33. The van der Waals surface area contributed by atoms with Gasteiger partial charge in [0.25, 0.3) is 0 Å². The molecule has 1 aliphatic heterocycles. The Bertz CT molecular complexity index is 443. The average molecular weight is 240 g/mol. The van der Waals surface area contributed by atoms with Crippen molar-refractivity contribution in [2.45, 2.75) is 25.9 Å². The largest absolute Gasteiger partial charge is 0.391 e. The number of anilines is 1. The molecule has 1 fully saturated rings. The first kappa shape index (κ1) is 11.8. The molecule has 0 spiro atoms. The predicted octanol–water partition coefficient (Wildman–Crippen LogP) is 0.462. The van der Waals surface area contributed by atoms with E-state index in [1.165, 1.54) is 4.68 Å². The molecule has 2 rings (SSSR count). The van der Waals surface area contributed by atoms with Crippen molar-refractivity contribution in [3.05, 3.63) is 15.8 Å². The van der Waals surface area contributed by atoms with E-state index in [-0.39, 0.29) is 10.6 Å². The normalized spacial score (nSPS) is 19.9. The second-order valence-corrected chi connectivity index (χ2v) is 4.24. The van der Waals surface area contributed by atoms with Gasteiger partial charge in [-0.3, -0.25) is 10.1 Å². The minimum absolute atomic E-state index is 0.0732. The lowest BCUT2D eigenvalue weighted by atomic mass is 10.3. The zero-order valence-corrected chi connectivity index (χ0v) is 9.96. The Labute approximate surface area is 98.8 Å². The zero-order valence-electron chi connectivity index (χ0n) is 9.96. The number of hydrogen-bond acceptors (Lipinski definition) is 5. The predicted molar refractivity (Wildman–Crippen MR) is 62.1 cm³/mol. The molecule has 7 heteroatoms. The quantitative estimate of drug-likeness (QED) is 0.613. The van der Waals surface area contributed by atoms with Crippen LogP contribution in [0.15, 0.2) is 0 Å². The van der Waals surface area contributed by atoms with Crippen molar-refractivity contribution in [1.29, 1.82) is 0 Å². The summed E-state index contributed by atoms with van der Waals surface area (Å²) in [6.45, 7) is 2.91. The molecule has 2 heterocycles. The molecule has 94 valence electrons. The van der Waals surface area contributed by atoms with Crippen LogP contribution in [0.5, 0.6) is 0 Å². The van der Waals surface area contributed by atoms with Crippen molar-refractivity contribution in [3.63, 3.8) is 0 Å². The summed E-state index contributed by atoms with van der Waals surface area (Å²) < 4.78 is 1.54. The van der Waals surface area contributed by atoms with E-state index >= 15 is 0 Å². The van der Waals surface area contributed by atoms with Crippen LogP contribution in [0.1, 0.15) is 19.0 Å². The summed E-state index contributed by atoms with van der Waals surface area (Å²) >= 11 is 0. The molecule has 0 saturated carbocycles. The first-order valence-electron chi connectivity index (χ1n) is 5.67. The third kappa shape index (κ3) is 1.97. The Balaban J connectivity index is 2.45. The molecule has 0 radical (unpaired) electrons. The third-order valence-corrected chi connectivity index (χ3v) is 3.04. The molecule has 1 aliphatic rings. The highest BCUT2D eigenvalue weighted by atomic mass is 16.6. The zero-order chi connectivity index (χ0) is 12.6. The standard InChI is InChI=1S/C10H16N4O3/c1-3-8-9(14(16)17)10(12(2)11-8)13-5-4-7(15)6-13/h7,15H,3-6H2,1-2H3/t7-/m1/s1. The van der Waals surface area contributed by atoms with E-state index < -0.39 is 6.10 Å². The van der Waals surface area contributed by atoms with Gasteiger partial charge in [-0.15, -0.1) is 0 Å². The van der Waals surface area contributed by atoms with Crippen LogP contribution in [-0.2, 0) is 13.5 Å². The second kappa shape index (κ2) is 4.33. The van der Waals surface area contributed by atoms with Gasteiger partial charge in [-0.1, -0.05) is 6.92 Å². The minimum atomic E-state index is -0.408. The van der Waals surface area contributed by atoms with Crippen LogP contribution < -0.4 is 4.90 Å². The van der Waals surface area contributed by atoms with Gasteiger partial charge in [0.1, 0.15) is 5.69 Å². The fraction of sp³-hybridized carbons (Fsp3) is 0.700. The highest BCUT2D eigenvalue weighted by molar-refractivity contribution is 5.62. The fourth-order valence-electron chi connectivity index (χ4n) is 2.27. The summed E-state index contributed by atoms with van der Waals surface area (Å²) in [6, 6.07) is 0.